The lowest BCUT2D eigenvalue weighted by atomic mass is 10.3. The number of rotatable bonds is 4. The Kier molecular flexibility index (Phi) is 3.13. The topological polar surface area (TPSA) is 51.2 Å². The van der Waals surface area contributed by atoms with Crippen LogP contribution in [-0.2, 0) is 4.79 Å². The number of aromatic nitrogens is 1. The van der Waals surface area contributed by atoms with Gasteiger partial charge in [0.1, 0.15) is 11.5 Å². The lowest BCUT2D eigenvalue weighted by Crippen LogP contribution is -1.93. The van der Waals surface area contributed by atoms with Gasteiger partial charge in [-0.2, -0.15) is 0 Å². The standard InChI is InChI=1S/C12H10N2O2/c15-9-14-10-2-1-3-12(8-10)16-11-4-6-13-7-5-11/h1-9H,(H,14,15). The third-order valence-electron chi connectivity index (χ3n) is 1.95. The molecule has 1 aromatic heterocycles. The van der Waals surface area contributed by atoms with Gasteiger partial charge in [0.05, 0.1) is 0 Å². The van der Waals surface area contributed by atoms with E-state index in [1.807, 2.05) is 12.1 Å². The molecule has 0 saturated carbocycles. The highest BCUT2D eigenvalue weighted by atomic mass is 16.5. The Morgan fingerprint density at radius 1 is 1.12 bits per heavy atom. The predicted octanol–water partition coefficient (Wildman–Crippen LogP) is 2.44. The van der Waals surface area contributed by atoms with Crippen LogP contribution in [0.2, 0.25) is 0 Å². The number of carbonyl (C=O) groups is 1. The van der Waals surface area contributed by atoms with Crippen molar-refractivity contribution in [3.8, 4) is 11.5 Å². The summed E-state index contributed by atoms with van der Waals surface area (Å²) >= 11 is 0. The molecule has 0 spiro atoms. The van der Waals surface area contributed by atoms with Gasteiger partial charge in [0.2, 0.25) is 6.41 Å². The first kappa shape index (κ1) is 10.2. The van der Waals surface area contributed by atoms with Crippen LogP contribution in [-0.4, -0.2) is 11.4 Å². The van der Waals surface area contributed by atoms with Gasteiger partial charge < -0.3 is 10.1 Å². The van der Waals surface area contributed by atoms with Gasteiger partial charge in [-0.05, 0) is 24.3 Å². The summed E-state index contributed by atoms with van der Waals surface area (Å²) in [5.41, 5.74) is 0.696. The predicted molar refractivity (Wildman–Crippen MR) is 60.4 cm³/mol. The number of ether oxygens (including phenoxy) is 1. The molecule has 0 radical (unpaired) electrons. The fraction of sp³-hybridized carbons (Fsp3) is 0. The molecule has 0 aliphatic carbocycles. The summed E-state index contributed by atoms with van der Waals surface area (Å²) < 4.78 is 5.57. The molecule has 1 aromatic carbocycles. The van der Waals surface area contributed by atoms with Crippen LogP contribution >= 0.6 is 0 Å². The van der Waals surface area contributed by atoms with Crippen LogP contribution in [0.4, 0.5) is 5.69 Å². The van der Waals surface area contributed by atoms with Crippen molar-refractivity contribution in [1.29, 1.82) is 0 Å². The molecule has 0 aliphatic rings. The van der Waals surface area contributed by atoms with Crippen LogP contribution in [0.1, 0.15) is 0 Å². The van der Waals surface area contributed by atoms with Crippen LogP contribution in [0.3, 0.4) is 0 Å². The molecule has 1 N–H and O–H groups in total. The van der Waals surface area contributed by atoms with Gasteiger partial charge >= 0.3 is 0 Å². The van der Waals surface area contributed by atoms with E-state index >= 15 is 0 Å². The van der Waals surface area contributed by atoms with E-state index in [-0.39, 0.29) is 0 Å². The van der Waals surface area contributed by atoms with Gasteiger partial charge in [-0.3, -0.25) is 9.78 Å². The number of hydrogen-bond donors (Lipinski definition) is 1. The minimum Gasteiger partial charge on any atom is -0.457 e. The van der Waals surface area contributed by atoms with Gasteiger partial charge in [-0.1, -0.05) is 6.07 Å². The molecule has 16 heavy (non-hydrogen) atoms. The van der Waals surface area contributed by atoms with Crippen LogP contribution in [0.25, 0.3) is 0 Å². The van der Waals surface area contributed by atoms with Gasteiger partial charge in [-0.15, -0.1) is 0 Å². The van der Waals surface area contributed by atoms with Crippen LogP contribution in [0.5, 0.6) is 11.5 Å². The zero-order valence-corrected chi connectivity index (χ0v) is 8.46. The molecule has 4 heteroatoms. The summed E-state index contributed by atoms with van der Waals surface area (Å²) in [5.74, 6) is 1.37. The zero-order chi connectivity index (χ0) is 11.2. The van der Waals surface area contributed by atoms with Crippen molar-refractivity contribution in [1.82, 2.24) is 4.98 Å². The minimum atomic E-state index is 0.631. The lowest BCUT2D eigenvalue weighted by Gasteiger charge is -2.06. The molecule has 4 nitrogen and oxygen atoms in total. The quantitative estimate of drug-likeness (QED) is 0.795. The van der Waals surface area contributed by atoms with E-state index in [4.69, 9.17) is 4.74 Å². The second-order valence-corrected chi connectivity index (χ2v) is 3.07. The number of nitrogens with zero attached hydrogens (tertiary/aromatic N) is 1. The van der Waals surface area contributed by atoms with Crippen molar-refractivity contribution in [2.75, 3.05) is 5.32 Å². The molecule has 0 unspecified atom stereocenters. The molecule has 0 atom stereocenters. The number of anilines is 1. The average Bonchev–Trinajstić information content (AvgIpc) is 2.31. The smallest absolute Gasteiger partial charge is 0.211 e. The zero-order valence-electron chi connectivity index (χ0n) is 8.46. The molecule has 2 aromatic rings. The van der Waals surface area contributed by atoms with Gasteiger partial charge in [-0.25, -0.2) is 0 Å². The number of amides is 1. The molecule has 1 amide bonds. The Hall–Kier alpha value is -2.36. The van der Waals surface area contributed by atoms with Crippen molar-refractivity contribution in [2.24, 2.45) is 0 Å². The first-order chi connectivity index (χ1) is 7.88. The third kappa shape index (κ3) is 2.57. The number of hydrogen-bond acceptors (Lipinski definition) is 3. The maximum atomic E-state index is 10.3. The third-order valence-corrected chi connectivity index (χ3v) is 1.95. The van der Waals surface area contributed by atoms with Crippen LogP contribution in [0.15, 0.2) is 48.8 Å². The summed E-state index contributed by atoms with van der Waals surface area (Å²) in [4.78, 5) is 14.2. The van der Waals surface area contributed by atoms with Crippen molar-refractivity contribution < 1.29 is 9.53 Å². The second-order valence-electron chi connectivity index (χ2n) is 3.07. The van der Waals surface area contributed by atoms with E-state index < -0.39 is 0 Å². The minimum absolute atomic E-state index is 0.631. The van der Waals surface area contributed by atoms with Gasteiger partial charge in [0.15, 0.2) is 0 Å². The summed E-state index contributed by atoms with van der Waals surface area (Å²) in [7, 11) is 0. The number of benzene rings is 1. The van der Waals surface area contributed by atoms with E-state index in [0.717, 1.165) is 0 Å². The van der Waals surface area contributed by atoms with E-state index in [1.54, 1.807) is 36.7 Å². The molecule has 80 valence electrons. The summed E-state index contributed by atoms with van der Waals surface area (Å²) in [6.45, 7) is 0. The summed E-state index contributed by atoms with van der Waals surface area (Å²) in [6, 6.07) is 10.7. The summed E-state index contributed by atoms with van der Waals surface area (Å²) in [6.07, 6.45) is 3.94. The maximum absolute atomic E-state index is 10.3. The van der Waals surface area contributed by atoms with Crippen molar-refractivity contribution in [3.05, 3.63) is 48.8 Å². The highest BCUT2D eigenvalue weighted by Crippen LogP contribution is 2.22. The molecular weight excluding hydrogens is 204 g/mol. The molecule has 2 rings (SSSR count). The van der Waals surface area contributed by atoms with Gasteiger partial charge in [0.25, 0.3) is 0 Å². The SMILES string of the molecule is O=CNc1cccc(Oc2ccncc2)c1. The Morgan fingerprint density at radius 3 is 2.69 bits per heavy atom. The molecule has 1 heterocycles. The highest BCUT2D eigenvalue weighted by molar-refractivity contribution is 5.71. The Morgan fingerprint density at radius 2 is 1.94 bits per heavy atom. The molecule has 0 aliphatic heterocycles. The fourth-order valence-corrected chi connectivity index (χ4v) is 1.26. The Balaban J connectivity index is 2.15. The number of pyridine rings is 1. The first-order valence-electron chi connectivity index (χ1n) is 4.76. The van der Waals surface area contributed by atoms with Crippen molar-refractivity contribution in [3.63, 3.8) is 0 Å². The van der Waals surface area contributed by atoms with E-state index in [0.29, 0.717) is 23.6 Å². The molecule has 0 fully saturated rings. The van der Waals surface area contributed by atoms with E-state index in [2.05, 4.69) is 10.3 Å². The molecule has 0 bridgehead atoms. The Labute approximate surface area is 92.9 Å². The maximum Gasteiger partial charge on any atom is 0.211 e. The van der Waals surface area contributed by atoms with E-state index in [9.17, 15) is 4.79 Å². The summed E-state index contributed by atoms with van der Waals surface area (Å²) in [5, 5.41) is 2.56. The average molecular weight is 214 g/mol. The second kappa shape index (κ2) is 4.93. The van der Waals surface area contributed by atoms with Crippen LogP contribution in [0, 0.1) is 0 Å². The van der Waals surface area contributed by atoms with Crippen LogP contribution < -0.4 is 10.1 Å². The largest absolute Gasteiger partial charge is 0.457 e. The van der Waals surface area contributed by atoms with Crippen molar-refractivity contribution in [2.45, 2.75) is 0 Å². The fourth-order valence-electron chi connectivity index (χ4n) is 1.26. The highest BCUT2D eigenvalue weighted by Gasteiger charge is 1.97. The normalized spacial score (nSPS) is 9.50. The van der Waals surface area contributed by atoms with Crippen molar-refractivity contribution >= 4 is 12.1 Å². The molecule has 0 saturated heterocycles. The number of nitrogens with one attached hydrogen (secondary N) is 1. The Bertz CT molecular complexity index is 471. The molecular formula is C12H10N2O2. The number of carbonyl (C=O) groups excluding carboxylic acids is 1. The first-order valence-corrected chi connectivity index (χ1v) is 4.76. The lowest BCUT2D eigenvalue weighted by molar-refractivity contribution is -0.105. The van der Waals surface area contributed by atoms with E-state index in [1.165, 1.54) is 0 Å². The monoisotopic (exact) mass is 214 g/mol. The van der Waals surface area contributed by atoms with Gasteiger partial charge in [0, 0.05) is 24.1 Å².